The van der Waals surface area contributed by atoms with E-state index >= 15 is 0 Å². The minimum absolute atomic E-state index is 0.116. The molecule has 1 heterocycles. The molecule has 0 fully saturated rings. The number of nitrogens with zero attached hydrogens (tertiary/aromatic N) is 2. The van der Waals surface area contributed by atoms with Gasteiger partial charge in [-0.05, 0) is 41.6 Å². The molecule has 1 unspecified atom stereocenters. The molecule has 0 saturated heterocycles. The standard InChI is InChI=1S/C18H17FN2OS/c1-12(22)21-18(14-3-7-15(19)8-4-14)11-17(20-21)13-5-9-16(23-2)10-6-13/h3-10,18H,11H2,1-2H3. The predicted octanol–water partition coefficient (Wildman–Crippen LogP) is 4.25. The van der Waals surface area contributed by atoms with Gasteiger partial charge in [0.15, 0.2) is 0 Å². The fraction of sp³-hybridized carbons (Fsp3) is 0.222. The van der Waals surface area contributed by atoms with Gasteiger partial charge in [-0.2, -0.15) is 5.10 Å². The molecule has 0 aliphatic carbocycles. The van der Waals surface area contributed by atoms with Crippen molar-refractivity contribution in [2.75, 3.05) is 6.26 Å². The lowest BCUT2D eigenvalue weighted by atomic mass is 9.98. The van der Waals surface area contributed by atoms with Crippen LogP contribution in [0.15, 0.2) is 58.5 Å². The summed E-state index contributed by atoms with van der Waals surface area (Å²) in [6.07, 6.45) is 2.66. The van der Waals surface area contributed by atoms with Crippen LogP contribution in [0.3, 0.4) is 0 Å². The van der Waals surface area contributed by atoms with Crippen LogP contribution in [0.2, 0.25) is 0 Å². The molecular formula is C18H17FN2OS. The maximum Gasteiger partial charge on any atom is 0.240 e. The molecule has 23 heavy (non-hydrogen) atoms. The molecule has 0 bridgehead atoms. The van der Waals surface area contributed by atoms with Gasteiger partial charge in [-0.25, -0.2) is 9.40 Å². The average molecular weight is 328 g/mol. The van der Waals surface area contributed by atoms with Gasteiger partial charge in [0, 0.05) is 18.2 Å². The number of hydrogen-bond acceptors (Lipinski definition) is 3. The molecule has 0 saturated carbocycles. The first-order chi connectivity index (χ1) is 11.1. The molecular weight excluding hydrogens is 311 g/mol. The van der Waals surface area contributed by atoms with E-state index in [2.05, 4.69) is 5.10 Å². The first kappa shape index (κ1) is 15.7. The number of thioether (sulfide) groups is 1. The summed E-state index contributed by atoms with van der Waals surface area (Å²) < 4.78 is 13.1. The van der Waals surface area contributed by atoms with Gasteiger partial charge in [-0.1, -0.05) is 24.3 Å². The molecule has 1 aliphatic rings. The van der Waals surface area contributed by atoms with Gasteiger partial charge in [0.2, 0.25) is 5.91 Å². The van der Waals surface area contributed by atoms with Crippen molar-refractivity contribution in [3.63, 3.8) is 0 Å². The van der Waals surface area contributed by atoms with Crippen molar-refractivity contribution in [1.29, 1.82) is 0 Å². The highest BCUT2D eigenvalue weighted by atomic mass is 32.2. The maximum absolute atomic E-state index is 13.1. The third kappa shape index (κ3) is 3.29. The number of halogens is 1. The van der Waals surface area contributed by atoms with Crippen LogP contribution in [0, 0.1) is 5.82 Å². The Balaban J connectivity index is 1.90. The highest BCUT2D eigenvalue weighted by Gasteiger charge is 2.31. The van der Waals surface area contributed by atoms with E-state index in [1.165, 1.54) is 29.0 Å². The number of rotatable bonds is 3. The summed E-state index contributed by atoms with van der Waals surface area (Å²) in [6, 6.07) is 14.2. The van der Waals surface area contributed by atoms with E-state index < -0.39 is 0 Å². The Morgan fingerprint density at radius 1 is 1.17 bits per heavy atom. The van der Waals surface area contributed by atoms with E-state index in [0.717, 1.165) is 16.8 Å². The van der Waals surface area contributed by atoms with E-state index in [9.17, 15) is 9.18 Å². The molecule has 0 aromatic heterocycles. The average Bonchev–Trinajstić information content (AvgIpc) is 3.01. The zero-order chi connectivity index (χ0) is 16.4. The lowest BCUT2D eigenvalue weighted by Gasteiger charge is -2.20. The van der Waals surface area contributed by atoms with E-state index in [1.807, 2.05) is 30.5 Å². The van der Waals surface area contributed by atoms with Crippen molar-refractivity contribution in [3.8, 4) is 0 Å². The van der Waals surface area contributed by atoms with Gasteiger partial charge in [0.25, 0.3) is 0 Å². The Bertz CT molecular complexity index is 741. The third-order valence-corrected chi connectivity index (χ3v) is 4.65. The molecule has 1 amide bonds. The van der Waals surface area contributed by atoms with Crippen molar-refractivity contribution in [1.82, 2.24) is 5.01 Å². The van der Waals surface area contributed by atoms with E-state index in [0.29, 0.717) is 6.42 Å². The zero-order valence-corrected chi connectivity index (χ0v) is 13.8. The number of hydrogen-bond donors (Lipinski definition) is 0. The van der Waals surface area contributed by atoms with Crippen LogP contribution in [-0.4, -0.2) is 22.9 Å². The quantitative estimate of drug-likeness (QED) is 0.789. The molecule has 0 N–H and O–H groups in total. The van der Waals surface area contributed by atoms with E-state index in [1.54, 1.807) is 23.9 Å². The highest BCUT2D eigenvalue weighted by Crippen LogP contribution is 2.33. The number of benzene rings is 2. The molecule has 2 aromatic carbocycles. The molecule has 118 valence electrons. The van der Waals surface area contributed by atoms with Gasteiger partial charge in [0.05, 0.1) is 11.8 Å². The summed E-state index contributed by atoms with van der Waals surface area (Å²) in [6.45, 7) is 1.50. The van der Waals surface area contributed by atoms with Gasteiger partial charge in [0.1, 0.15) is 5.82 Å². The summed E-state index contributed by atoms with van der Waals surface area (Å²) in [5, 5.41) is 5.98. The van der Waals surface area contributed by atoms with Crippen molar-refractivity contribution in [3.05, 3.63) is 65.5 Å². The second-order valence-electron chi connectivity index (χ2n) is 5.41. The van der Waals surface area contributed by atoms with Crippen molar-refractivity contribution in [2.45, 2.75) is 24.3 Å². The fourth-order valence-electron chi connectivity index (χ4n) is 2.70. The Labute approximate surface area is 139 Å². The lowest BCUT2D eigenvalue weighted by molar-refractivity contribution is -0.130. The van der Waals surface area contributed by atoms with E-state index in [4.69, 9.17) is 0 Å². The first-order valence-electron chi connectivity index (χ1n) is 7.35. The van der Waals surface area contributed by atoms with Gasteiger partial charge >= 0.3 is 0 Å². The number of carbonyl (C=O) groups is 1. The maximum atomic E-state index is 13.1. The summed E-state index contributed by atoms with van der Waals surface area (Å²) in [4.78, 5) is 13.1. The summed E-state index contributed by atoms with van der Waals surface area (Å²) in [7, 11) is 0. The summed E-state index contributed by atoms with van der Waals surface area (Å²) >= 11 is 1.68. The number of carbonyl (C=O) groups excluding carboxylic acids is 1. The van der Waals surface area contributed by atoms with Crippen LogP contribution in [0.1, 0.15) is 30.5 Å². The fourth-order valence-corrected chi connectivity index (χ4v) is 3.11. The monoisotopic (exact) mass is 328 g/mol. The molecule has 3 nitrogen and oxygen atoms in total. The minimum Gasteiger partial charge on any atom is -0.273 e. The third-order valence-electron chi connectivity index (χ3n) is 3.91. The van der Waals surface area contributed by atoms with Crippen molar-refractivity contribution < 1.29 is 9.18 Å². The van der Waals surface area contributed by atoms with Gasteiger partial charge in [-0.15, -0.1) is 11.8 Å². The molecule has 2 aromatic rings. The molecule has 5 heteroatoms. The molecule has 0 radical (unpaired) electrons. The van der Waals surface area contributed by atoms with Gasteiger partial charge < -0.3 is 0 Å². The zero-order valence-electron chi connectivity index (χ0n) is 13.0. The Morgan fingerprint density at radius 2 is 1.83 bits per heavy atom. The Kier molecular flexibility index (Phi) is 4.48. The van der Waals surface area contributed by atoms with Crippen LogP contribution in [0.4, 0.5) is 4.39 Å². The van der Waals surface area contributed by atoms with E-state index in [-0.39, 0.29) is 17.8 Å². The SMILES string of the molecule is CSc1ccc(C2=NN(C(C)=O)C(c3ccc(F)cc3)C2)cc1. The number of hydrazone groups is 1. The smallest absolute Gasteiger partial charge is 0.240 e. The minimum atomic E-state index is -0.282. The van der Waals surface area contributed by atoms with Crippen LogP contribution in [-0.2, 0) is 4.79 Å². The van der Waals surface area contributed by atoms with Gasteiger partial charge in [-0.3, -0.25) is 4.79 Å². The number of amides is 1. The van der Waals surface area contributed by atoms with Crippen LogP contribution < -0.4 is 0 Å². The second-order valence-corrected chi connectivity index (χ2v) is 6.29. The normalized spacial score (nSPS) is 17.3. The second kappa shape index (κ2) is 6.54. The van der Waals surface area contributed by atoms with Crippen molar-refractivity contribution in [2.24, 2.45) is 5.10 Å². The van der Waals surface area contributed by atoms with Crippen LogP contribution >= 0.6 is 11.8 Å². The topological polar surface area (TPSA) is 32.7 Å². The lowest BCUT2D eigenvalue weighted by Crippen LogP contribution is -2.24. The summed E-state index contributed by atoms with van der Waals surface area (Å²) in [5.74, 6) is -0.398. The largest absolute Gasteiger partial charge is 0.273 e. The molecule has 1 aliphatic heterocycles. The Morgan fingerprint density at radius 3 is 2.39 bits per heavy atom. The van der Waals surface area contributed by atoms with Crippen molar-refractivity contribution >= 4 is 23.4 Å². The van der Waals surface area contributed by atoms with Crippen LogP contribution in [0.5, 0.6) is 0 Å². The predicted molar refractivity (Wildman–Crippen MR) is 91.0 cm³/mol. The summed E-state index contributed by atoms with van der Waals surface area (Å²) in [5.41, 5.74) is 2.78. The van der Waals surface area contributed by atoms with Crippen LogP contribution in [0.25, 0.3) is 0 Å². The molecule has 3 rings (SSSR count). The Hall–Kier alpha value is -2.14. The molecule has 0 spiro atoms. The first-order valence-corrected chi connectivity index (χ1v) is 8.58. The highest BCUT2D eigenvalue weighted by molar-refractivity contribution is 7.98. The molecule has 1 atom stereocenters.